The number of hydrogen-bond donors (Lipinski definition) is 2. The van der Waals surface area contributed by atoms with E-state index in [4.69, 9.17) is 13.8 Å². The number of allylic oxidation sites excluding steroid dienone is 5. The van der Waals surface area contributed by atoms with E-state index in [-0.39, 0.29) is 25.1 Å². The van der Waals surface area contributed by atoms with Crippen LogP contribution in [0.4, 0.5) is 0 Å². The van der Waals surface area contributed by atoms with Gasteiger partial charge in [0.05, 0.1) is 33.8 Å². The largest absolute Gasteiger partial charge is 0.472 e. The minimum atomic E-state index is -4.46. The van der Waals surface area contributed by atoms with Crippen molar-refractivity contribution in [2.75, 3.05) is 40.9 Å². The Morgan fingerprint density at radius 2 is 0.652 bits per heavy atom. The van der Waals surface area contributed by atoms with E-state index >= 15 is 0 Å². The molecule has 3 unspecified atom stereocenters. The lowest BCUT2D eigenvalue weighted by atomic mass is 10.0. The number of nitrogens with zero attached hydrogens (tertiary/aromatic N) is 1. The van der Waals surface area contributed by atoms with Crippen LogP contribution < -0.4 is 5.32 Å². The van der Waals surface area contributed by atoms with Crippen molar-refractivity contribution in [2.24, 2.45) is 0 Å². The number of amides is 1. The summed E-state index contributed by atoms with van der Waals surface area (Å²) in [6.45, 7) is 7.08. The molecule has 0 saturated heterocycles. The quantitative estimate of drug-likeness (QED) is 0.0205. The van der Waals surface area contributed by atoms with E-state index in [9.17, 15) is 19.0 Å². The molecule has 0 bridgehead atoms. The fourth-order valence-corrected chi connectivity index (χ4v) is 12.7. The van der Waals surface area contributed by atoms with Gasteiger partial charge in [-0.2, -0.15) is 0 Å². The van der Waals surface area contributed by atoms with Crippen molar-refractivity contribution in [2.45, 2.75) is 418 Å². The van der Waals surface area contributed by atoms with Gasteiger partial charge >= 0.3 is 13.8 Å². The lowest BCUT2D eigenvalue weighted by Gasteiger charge is -2.27. The number of carbonyl (C=O) groups is 2. The van der Waals surface area contributed by atoms with Gasteiger partial charge in [-0.05, 0) is 83.1 Å². The summed E-state index contributed by atoms with van der Waals surface area (Å²) in [5.41, 5.74) is 0. The number of carbonyl (C=O) groups excluding carboxylic acids is 2. The number of ether oxygens (including phenoxy) is 1. The normalized spacial score (nSPS) is 13.6. The molecular formula is C79H154N2O7P+. The van der Waals surface area contributed by atoms with Crippen LogP contribution in [0.5, 0.6) is 0 Å². The molecule has 1 amide bonds. The van der Waals surface area contributed by atoms with Crippen molar-refractivity contribution < 1.29 is 37.3 Å². The lowest BCUT2D eigenvalue weighted by molar-refractivity contribution is -0.870. The Balaban J connectivity index is 4.95. The molecule has 89 heavy (non-hydrogen) atoms. The third-order valence-electron chi connectivity index (χ3n) is 18.1. The third kappa shape index (κ3) is 70.4. The zero-order chi connectivity index (χ0) is 64.9. The van der Waals surface area contributed by atoms with Crippen LogP contribution in [0.15, 0.2) is 36.5 Å². The summed E-state index contributed by atoms with van der Waals surface area (Å²) in [6.07, 6.45) is 87.5. The molecule has 0 aromatic carbocycles. The first kappa shape index (κ1) is 87.2. The summed E-state index contributed by atoms with van der Waals surface area (Å²) in [5, 5.41) is 3.09. The molecule has 0 aromatic heterocycles. The second kappa shape index (κ2) is 69.1. The summed E-state index contributed by atoms with van der Waals surface area (Å²) in [6, 6.07) is -0.846. The number of phosphoric acid groups is 1. The van der Waals surface area contributed by atoms with Crippen LogP contribution in [0.2, 0.25) is 0 Å². The van der Waals surface area contributed by atoms with E-state index in [1.54, 1.807) is 0 Å². The molecular weight excluding hydrogens is 1120 g/mol. The van der Waals surface area contributed by atoms with Crippen molar-refractivity contribution in [3.63, 3.8) is 0 Å². The molecule has 526 valence electrons. The smallest absolute Gasteiger partial charge is 0.456 e. The third-order valence-corrected chi connectivity index (χ3v) is 19.0. The van der Waals surface area contributed by atoms with Gasteiger partial charge < -0.3 is 19.4 Å². The molecule has 9 nitrogen and oxygen atoms in total. The molecule has 0 aliphatic heterocycles. The van der Waals surface area contributed by atoms with Gasteiger partial charge in [0.15, 0.2) is 0 Å². The molecule has 0 heterocycles. The van der Waals surface area contributed by atoms with Gasteiger partial charge in [0.2, 0.25) is 5.91 Å². The molecule has 0 aliphatic rings. The van der Waals surface area contributed by atoms with Gasteiger partial charge in [0.1, 0.15) is 19.3 Å². The predicted molar refractivity (Wildman–Crippen MR) is 388 cm³/mol. The van der Waals surface area contributed by atoms with Crippen LogP contribution in [0, 0.1) is 0 Å². The maximum Gasteiger partial charge on any atom is 0.472 e. The summed E-state index contributed by atoms with van der Waals surface area (Å²) in [5.74, 6) is -0.481. The average molecular weight is 1280 g/mol. The number of nitrogens with one attached hydrogen (secondary N) is 1. The second-order valence-electron chi connectivity index (χ2n) is 28.2. The van der Waals surface area contributed by atoms with Gasteiger partial charge in [-0.3, -0.25) is 18.6 Å². The monoisotopic (exact) mass is 1270 g/mol. The molecule has 0 rings (SSSR count). The van der Waals surface area contributed by atoms with Crippen LogP contribution in [0.1, 0.15) is 406 Å². The molecule has 10 heteroatoms. The first-order valence-corrected chi connectivity index (χ1v) is 40.8. The van der Waals surface area contributed by atoms with Crippen LogP contribution in [0.25, 0.3) is 0 Å². The Morgan fingerprint density at radius 1 is 0.382 bits per heavy atom. The fraction of sp³-hybridized carbons (Fsp3) is 0.899. The van der Waals surface area contributed by atoms with Crippen molar-refractivity contribution in [3.8, 4) is 0 Å². The van der Waals surface area contributed by atoms with Crippen molar-refractivity contribution in [3.05, 3.63) is 36.5 Å². The highest BCUT2D eigenvalue weighted by atomic mass is 31.2. The molecule has 0 aromatic rings. The molecule has 0 spiro atoms. The van der Waals surface area contributed by atoms with E-state index in [2.05, 4.69) is 56.5 Å². The first-order valence-electron chi connectivity index (χ1n) is 39.3. The molecule has 3 atom stereocenters. The standard InChI is InChI=1S/C79H153N2O7P/c1-7-10-13-16-19-22-25-28-30-32-34-36-38-39-40-41-43-44-46-48-50-53-56-59-62-65-68-71-78(82)80-76(75-87-89(84,85)86-74-73-81(4,5)6)77(70-67-64-61-58-55-52-27-24-21-18-15-12-9-3)88-79(83)72-69-66-63-60-57-54-51-49-47-45-42-37-35-33-31-29-26-23-20-17-14-11-8-2/h28-31,67,70,76-77H,7-27,32-66,68-69,71-75H2,1-6H3,(H-,80,82,84,85)/p+1/b30-28+,31-29+,70-67-. The number of phosphoric ester groups is 1. The number of rotatable bonds is 73. The first-order chi connectivity index (χ1) is 43.4. The van der Waals surface area contributed by atoms with E-state index in [1.165, 1.54) is 315 Å². The topological polar surface area (TPSA) is 111 Å². The van der Waals surface area contributed by atoms with Gasteiger partial charge in [-0.15, -0.1) is 0 Å². The van der Waals surface area contributed by atoms with Crippen LogP contribution in [-0.2, 0) is 27.9 Å². The van der Waals surface area contributed by atoms with Gasteiger partial charge in [-0.1, -0.05) is 347 Å². The number of quaternary nitrogens is 1. The minimum absolute atomic E-state index is 0.0436. The van der Waals surface area contributed by atoms with Crippen molar-refractivity contribution in [1.82, 2.24) is 5.32 Å². The van der Waals surface area contributed by atoms with E-state index < -0.39 is 20.0 Å². The lowest BCUT2D eigenvalue weighted by Crippen LogP contribution is -2.47. The van der Waals surface area contributed by atoms with Crippen molar-refractivity contribution in [1.29, 1.82) is 0 Å². The Morgan fingerprint density at radius 3 is 0.955 bits per heavy atom. The summed E-state index contributed by atoms with van der Waals surface area (Å²) >= 11 is 0. The van der Waals surface area contributed by atoms with Crippen LogP contribution in [0.3, 0.4) is 0 Å². The Hall–Kier alpha value is -1.77. The van der Waals surface area contributed by atoms with Crippen LogP contribution >= 0.6 is 7.82 Å². The zero-order valence-corrected chi connectivity index (χ0v) is 61.4. The number of likely N-dealkylation sites (N-methyl/N-ethyl adjacent to an activating group) is 1. The number of esters is 1. The molecule has 0 saturated carbocycles. The highest BCUT2D eigenvalue weighted by molar-refractivity contribution is 7.47. The van der Waals surface area contributed by atoms with Gasteiger partial charge in [-0.25, -0.2) is 4.57 Å². The Kier molecular flexibility index (Phi) is 67.7. The Labute approximate surface area is 555 Å². The maximum absolute atomic E-state index is 13.7. The number of hydrogen-bond acceptors (Lipinski definition) is 6. The fourth-order valence-electron chi connectivity index (χ4n) is 12.0. The number of unbranched alkanes of at least 4 members (excludes halogenated alkanes) is 53. The van der Waals surface area contributed by atoms with E-state index in [0.717, 1.165) is 57.8 Å². The minimum Gasteiger partial charge on any atom is -0.456 e. The predicted octanol–water partition coefficient (Wildman–Crippen LogP) is 25.4. The molecule has 0 fully saturated rings. The summed E-state index contributed by atoms with van der Waals surface area (Å²) in [4.78, 5) is 38.0. The highest BCUT2D eigenvalue weighted by Crippen LogP contribution is 2.43. The molecule has 0 radical (unpaired) electrons. The van der Waals surface area contributed by atoms with Gasteiger partial charge in [0, 0.05) is 12.8 Å². The van der Waals surface area contributed by atoms with Crippen molar-refractivity contribution >= 4 is 19.7 Å². The van der Waals surface area contributed by atoms with Crippen LogP contribution in [-0.4, -0.2) is 74.3 Å². The summed E-state index contributed by atoms with van der Waals surface area (Å²) in [7, 11) is 1.52. The SMILES string of the molecule is CCCCCCCC/C=C/CCCCCCCCCCCCCCCCCCCC(=O)NC(COP(=O)(O)OCC[N+](C)(C)C)C(/C=C\CCCCCCCCCCCCC)OC(=O)CCCCCCCCCCCCCCC/C=C/CCCCCCCC. The molecule has 0 aliphatic carbocycles. The highest BCUT2D eigenvalue weighted by Gasteiger charge is 2.30. The van der Waals surface area contributed by atoms with E-state index in [1.807, 2.05) is 27.2 Å². The van der Waals surface area contributed by atoms with E-state index in [0.29, 0.717) is 23.9 Å². The Bertz CT molecular complexity index is 1610. The second-order valence-corrected chi connectivity index (χ2v) is 29.7. The van der Waals surface area contributed by atoms with Gasteiger partial charge in [0.25, 0.3) is 0 Å². The zero-order valence-electron chi connectivity index (χ0n) is 60.5. The molecule has 2 N–H and O–H groups in total. The maximum atomic E-state index is 13.7. The average Bonchev–Trinajstić information content (AvgIpc) is 3.65. The summed E-state index contributed by atoms with van der Waals surface area (Å²) < 4.78 is 30.9.